The van der Waals surface area contributed by atoms with Gasteiger partial charge in [0.25, 0.3) is 0 Å². The zero-order chi connectivity index (χ0) is 12.7. The van der Waals surface area contributed by atoms with E-state index in [1.807, 2.05) is 0 Å². The van der Waals surface area contributed by atoms with Crippen LogP contribution in [0.15, 0.2) is 18.2 Å². The van der Waals surface area contributed by atoms with Crippen molar-refractivity contribution in [2.75, 3.05) is 13.2 Å². The highest BCUT2D eigenvalue weighted by atomic mass is 16.5. The fourth-order valence-electron chi connectivity index (χ4n) is 1.81. The predicted octanol–water partition coefficient (Wildman–Crippen LogP) is 3.84. The second-order valence-electron chi connectivity index (χ2n) is 4.57. The van der Waals surface area contributed by atoms with Gasteiger partial charge in [-0.2, -0.15) is 0 Å². The van der Waals surface area contributed by atoms with Gasteiger partial charge in [0.15, 0.2) is 0 Å². The Morgan fingerprint density at radius 1 is 1.24 bits per heavy atom. The molecule has 1 N–H and O–H groups in total. The van der Waals surface area contributed by atoms with Crippen molar-refractivity contribution in [2.24, 2.45) is 0 Å². The van der Waals surface area contributed by atoms with E-state index in [4.69, 9.17) is 4.74 Å². The van der Waals surface area contributed by atoms with Gasteiger partial charge in [0, 0.05) is 11.6 Å². The zero-order valence-corrected chi connectivity index (χ0v) is 11.5. The average molecular weight is 235 g/mol. The van der Waals surface area contributed by atoms with Crippen LogP contribution in [0.5, 0.6) is 5.75 Å². The standard InChI is InChI=1S/C15H25NO/c1-5-9-16-13(4)14-8-7-12(3)11-15(14)17-10-6-2/h7-8,11,13,16H,5-6,9-10H2,1-4H3. The Kier molecular flexibility index (Phi) is 6.06. The van der Waals surface area contributed by atoms with E-state index in [0.29, 0.717) is 6.04 Å². The molecule has 17 heavy (non-hydrogen) atoms. The van der Waals surface area contributed by atoms with Gasteiger partial charge in [-0.15, -0.1) is 0 Å². The van der Waals surface area contributed by atoms with Crippen LogP contribution in [0.3, 0.4) is 0 Å². The molecule has 0 amide bonds. The third-order valence-corrected chi connectivity index (χ3v) is 2.80. The van der Waals surface area contributed by atoms with Gasteiger partial charge >= 0.3 is 0 Å². The highest BCUT2D eigenvalue weighted by molar-refractivity contribution is 5.39. The molecule has 0 spiro atoms. The molecule has 0 radical (unpaired) electrons. The summed E-state index contributed by atoms with van der Waals surface area (Å²) in [6.45, 7) is 10.4. The number of rotatable bonds is 7. The largest absolute Gasteiger partial charge is 0.493 e. The Morgan fingerprint density at radius 3 is 2.65 bits per heavy atom. The van der Waals surface area contributed by atoms with Crippen LogP contribution in [0.2, 0.25) is 0 Å². The molecule has 1 rings (SSSR count). The summed E-state index contributed by atoms with van der Waals surface area (Å²) in [4.78, 5) is 0. The topological polar surface area (TPSA) is 21.3 Å². The Bertz CT molecular complexity index is 336. The number of hydrogen-bond acceptors (Lipinski definition) is 2. The third kappa shape index (κ3) is 4.39. The molecular formula is C15H25NO. The molecule has 0 aliphatic rings. The van der Waals surface area contributed by atoms with Crippen LogP contribution in [0.25, 0.3) is 0 Å². The summed E-state index contributed by atoms with van der Waals surface area (Å²) in [7, 11) is 0. The highest BCUT2D eigenvalue weighted by Gasteiger charge is 2.10. The number of ether oxygens (including phenoxy) is 1. The van der Waals surface area contributed by atoms with Crippen LogP contribution >= 0.6 is 0 Å². The molecule has 0 bridgehead atoms. The summed E-state index contributed by atoms with van der Waals surface area (Å²) in [5, 5.41) is 3.50. The Hall–Kier alpha value is -1.02. The lowest BCUT2D eigenvalue weighted by Crippen LogP contribution is -2.20. The number of nitrogens with one attached hydrogen (secondary N) is 1. The van der Waals surface area contributed by atoms with Crippen LogP contribution < -0.4 is 10.1 Å². The van der Waals surface area contributed by atoms with Gasteiger partial charge in [-0.05, 0) is 44.9 Å². The number of aryl methyl sites for hydroxylation is 1. The minimum absolute atomic E-state index is 0.349. The molecule has 0 aliphatic carbocycles. The Balaban J connectivity index is 2.80. The molecule has 0 aliphatic heterocycles. The number of hydrogen-bond donors (Lipinski definition) is 1. The average Bonchev–Trinajstić information content (AvgIpc) is 2.33. The predicted molar refractivity (Wildman–Crippen MR) is 73.7 cm³/mol. The van der Waals surface area contributed by atoms with Crippen LogP contribution in [0.1, 0.15) is 50.8 Å². The molecule has 0 heterocycles. The SMILES string of the molecule is CCCNC(C)c1ccc(C)cc1OCCC. The van der Waals surface area contributed by atoms with E-state index in [1.165, 1.54) is 11.1 Å². The first kappa shape index (κ1) is 14.0. The summed E-state index contributed by atoms with van der Waals surface area (Å²) in [6.07, 6.45) is 2.20. The van der Waals surface area contributed by atoms with Crippen molar-refractivity contribution in [3.05, 3.63) is 29.3 Å². The van der Waals surface area contributed by atoms with Crippen LogP contribution in [-0.2, 0) is 0 Å². The van der Waals surface area contributed by atoms with Gasteiger partial charge in [-0.25, -0.2) is 0 Å². The Labute approximate surface area is 105 Å². The number of benzene rings is 1. The van der Waals surface area contributed by atoms with Crippen molar-refractivity contribution in [1.82, 2.24) is 5.32 Å². The molecule has 2 heteroatoms. The van der Waals surface area contributed by atoms with E-state index in [0.717, 1.165) is 31.7 Å². The maximum Gasteiger partial charge on any atom is 0.124 e. The smallest absolute Gasteiger partial charge is 0.124 e. The molecule has 1 unspecified atom stereocenters. The first-order valence-electron chi connectivity index (χ1n) is 6.65. The maximum atomic E-state index is 5.83. The van der Waals surface area contributed by atoms with E-state index in [1.54, 1.807) is 0 Å². The van der Waals surface area contributed by atoms with Crippen molar-refractivity contribution < 1.29 is 4.74 Å². The van der Waals surface area contributed by atoms with Crippen molar-refractivity contribution in [2.45, 2.75) is 46.6 Å². The lowest BCUT2D eigenvalue weighted by Gasteiger charge is -2.18. The first-order valence-corrected chi connectivity index (χ1v) is 6.65. The van der Waals surface area contributed by atoms with Gasteiger partial charge in [0.05, 0.1) is 6.61 Å². The minimum atomic E-state index is 0.349. The van der Waals surface area contributed by atoms with Gasteiger partial charge in [0.1, 0.15) is 5.75 Å². The molecule has 0 fully saturated rings. The normalized spacial score (nSPS) is 12.5. The lowest BCUT2D eigenvalue weighted by molar-refractivity contribution is 0.310. The molecular weight excluding hydrogens is 210 g/mol. The van der Waals surface area contributed by atoms with E-state index >= 15 is 0 Å². The summed E-state index contributed by atoms with van der Waals surface area (Å²) in [5.41, 5.74) is 2.51. The van der Waals surface area contributed by atoms with E-state index < -0.39 is 0 Å². The Morgan fingerprint density at radius 2 is 2.00 bits per heavy atom. The molecule has 2 nitrogen and oxygen atoms in total. The molecule has 0 aromatic heterocycles. The molecule has 1 aromatic carbocycles. The van der Waals surface area contributed by atoms with E-state index in [9.17, 15) is 0 Å². The fraction of sp³-hybridized carbons (Fsp3) is 0.600. The van der Waals surface area contributed by atoms with Crippen molar-refractivity contribution >= 4 is 0 Å². The second kappa shape index (κ2) is 7.33. The summed E-state index contributed by atoms with van der Waals surface area (Å²) in [6, 6.07) is 6.81. The van der Waals surface area contributed by atoms with Crippen LogP contribution in [0.4, 0.5) is 0 Å². The molecule has 0 saturated carbocycles. The quantitative estimate of drug-likeness (QED) is 0.775. The highest BCUT2D eigenvalue weighted by Crippen LogP contribution is 2.26. The molecule has 1 atom stereocenters. The summed E-state index contributed by atoms with van der Waals surface area (Å²) in [5.74, 6) is 1.03. The van der Waals surface area contributed by atoms with Crippen molar-refractivity contribution in [3.8, 4) is 5.75 Å². The van der Waals surface area contributed by atoms with Crippen molar-refractivity contribution in [1.29, 1.82) is 0 Å². The summed E-state index contributed by atoms with van der Waals surface area (Å²) < 4.78 is 5.83. The molecule has 1 aromatic rings. The molecule has 96 valence electrons. The molecule has 0 saturated heterocycles. The fourth-order valence-corrected chi connectivity index (χ4v) is 1.81. The lowest BCUT2D eigenvalue weighted by atomic mass is 10.0. The van der Waals surface area contributed by atoms with E-state index in [2.05, 4.69) is 51.2 Å². The van der Waals surface area contributed by atoms with E-state index in [-0.39, 0.29) is 0 Å². The summed E-state index contributed by atoms with van der Waals surface area (Å²) >= 11 is 0. The van der Waals surface area contributed by atoms with Gasteiger partial charge < -0.3 is 10.1 Å². The second-order valence-corrected chi connectivity index (χ2v) is 4.57. The van der Waals surface area contributed by atoms with Crippen LogP contribution in [-0.4, -0.2) is 13.2 Å². The van der Waals surface area contributed by atoms with Gasteiger partial charge in [-0.1, -0.05) is 26.0 Å². The van der Waals surface area contributed by atoms with Crippen LogP contribution in [0, 0.1) is 6.92 Å². The zero-order valence-electron chi connectivity index (χ0n) is 11.5. The van der Waals surface area contributed by atoms with Crippen molar-refractivity contribution in [3.63, 3.8) is 0 Å². The van der Waals surface area contributed by atoms with Gasteiger partial charge in [0.2, 0.25) is 0 Å². The third-order valence-electron chi connectivity index (χ3n) is 2.80. The van der Waals surface area contributed by atoms with Gasteiger partial charge in [-0.3, -0.25) is 0 Å². The minimum Gasteiger partial charge on any atom is -0.493 e. The first-order chi connectivity index (χ1) is 8.19. The monoisotopic (exact) mass is 235 g/mol. The maximum absolute atomic E-state index is 5.83.